The van der Waals surface area contributed by atoms with Crippen LogP contribution in [-0.4, -0.2) is 5.97 Å². The van der Waals surface area contributed by atoms with Crippen LogP contribution in [0.4, 0.5) is 0 Å². The minimum atomic E-state index is -0.160. The first-order valence-corrected chi connectivity index (χ1v) is 7.17. The van der Waals surface area contributed by atoms with Gasteiger partial charge in [0.05, 0.1) is 5.92 Å². The Morgan fingerprint density at radius 2 is 1.76 bits per heavy atom. The van der Waals surface area contributed by atoms with Gasteiger partial charge in [-0.15, -0.1) is 0 Å². The number of hydrogen-bond donors (Lipinski definition) is 0. The first kappa shape index (κ1) is 15.1. The molecule has 21 heavy (non-hydrogen) atoms. The molecule has 0 saturated heterocycles. The summed E-state index contributed by atoms with van der Waals surface area (Å²) in [7, 11) is 0. The van der Waals surface area contributed by atoms with Crippen LogP contribution in [0.1, 0.15) is 25.8 Å². The van der Waals surface area contributed by atoms with E-state index in [1.165, 1.54) is 0 Å². The molecule has 0 aromatic heterocycles. The van der Waals surface area contributed by atoms with Crippen LogP contribution in [0.5, 0.6) is 11.5 Å². The maximum atomic E-state index is 11.7. The molecule has 0 N–H and O–H groups in total. The van der Waals surface area contributed by atoms with E-state index in [0.717, 1.165) is 23.5 Å². The smallest absolute Gasteiger partial charge is 0.308 e. The highest BCUT2D eigenvalue weighted by Crippen LogP contribution is 2.22. The topological polar surface area (TPSA) is 35.5 Å². The molecule has 2 aromatic carbocycles. The van der Waals surface area contributed by atoms with Gasteiger partial charge >= 0.3 is 5.97 Å². The molecular formula is C18H20O3. The van der Waals surface area contributed by atoms with Gasteiger partial charge in [0.25, 0.3) is 0 Å². The SMILES string of the molecule is CCC(C)C(=O)OCc1cccc(Oc2ccccc2)c1. The van der Waals surface area contributed by atoms with Gasteiger partial charge in [-0.05, 0) is 36.2 Å². The highest BCUT2D eigenvalue weighted by molar-refractivity contribution is 5.71. The van der Waals surface area contributed by atoms with Crippen molar-refractivity contribution in [2.75, 3.05) is 0 Å². The van der Waals surface area contributed by atoms with Gasteiger partial charge in [-0.1, -0.05) is 44.2 Å². The predicted molar refractivity (Wildman–Crippen MR) is 82.2 cm³/mol. The first-order valence-electron chi connectivity index (χ1n) is 7.17. The Morgan fingerprint density at radius 1 is 1.05 bits per heavy atom. The van der Waals surface area contributed by atoms with Gasteiger partial charge < -0.3 is 9.47 Å². The number of benzene rings is 2. The van der Waals surface area contributed by atoms with Crippen molar-refractivity contribution in [3.05, 3.63) is 60.2 Å². The summed E-state index contributed by atoms with van der Waals surface area (Å²) < 4.78 is 11.0. The summed E-state index contributed by atoms with van der Waals surface area (Å²) in [6.07, 6.45) is 0.788. The fourth-order valence-corrected chi connectivity index (χ4v) is 1.79. The van der Waals surface area contributed by atoms with E-state index in [1.807, 2.05) is 68.4 Å². The molecule has 0 heterocycles. The molecule has 3 heteroatoms. The van der Waals surface area contributed by atoms with Crippen molar-refractivity contribution >= 4 is 5.97 Å². The number of hydrogen-bond acceptors (Lipinski definition) is 3. The molecule has 0 radical (unpaired) electrons. The Labute approximate surface area is 125 Å². The lowest BCUT2D eigenvalue weighted by molar-refractivity contribution is -0.149. The largest absolute Gasteiger partial charge is 0.461 e. The molecule has 0 aliphatic carbocycles. The molecule has 1 unspecified atom stereocenters. The van der Waals surface area contributed by atoms with Gasteiger partial charge in [0.1, 0.15) is 18.1 Å². The zero-order valence-electron chi connectivity index (χ0n) is 12.4. The standard InChI is InChI=1S/C18H20O3/c1-3-14(2)18(19)20-13-15-8-7-11-17(12-15)21-16-9-5-4-6-10-16/h4-12,14H,3,13H2,1-2H3. The third kappa shape index (κ3) is 4.63. The van der Waals surface area contributed by atoms with Crippen LogP contribution in [0, 0.1) is 5.92 Å². The zero-order valence-corrected chi connectivity index (χ0v) is 12.4. The summed E-state index contributed by atoms with van der Waals surface area (Å²) in [5.41, 5.74) is 0.917. The van der Waals surface area contributed by atoms with Gasteiger partial charge in [-0.25, -0.2) is 0 Å². The monoisotopic (exact) mass is 284 g/mol. The lowest BCUT2D eigenvalue weighted by Gasteiger charge is -2.10. The third-order valence-corrected chi connectivity index (χ3v) is 3.27. The molecule has 2 rings (SSSR count). The third-order valence-electron chi connectivity index (χ3n) is 3.27. The molecule has 0 saturated carbocycles. The number of carbonyl (C=O) groups excluding carboxylic acids is 1. The molecule has 1 atom stereocenters. The second-order valence-corrected chi connectivity index (χ2v) is 4.98. The maximum Gasteiger partial charge on any atom is 0.308 e. The van der Waals surface area contributed by atoms with Crippen molar-refractivity contribution in [3.8, 4) is 11.5 Å². The van der Waals surface area contributed by atoms with Crippen molar-refractivity contribution in [2.45, 2.75) is 26.9 Å². The van der Waals surface area contributed by atoms with E-state index in [4.69, 9.17) is 9.47 Å². The average molecular weight is 284 g/mol. The summed E-state index contributed by atoms with van der Waals surface area (Å²) in [6.45, 7) is 4.12. The van der Waals surface area contributed by atoms with Gasteiger partial charge in [-0.2, -0.15) is 0 Å². The van der Waals surface area contributed by atoms with Crippen molar-refractivity contribution in [1.82, 2.24) is 0 Å². The molecule has 0 amide bonds. The number of rotatable bonds is 6. The molecule has 0 bridgehead atoms. The van der Waals surface area contributed by atoms with Crippen LogP contribution in [-0.2, 0) is 16.1 Å². The maximum absolute atomic E-state index is 11.7. The molecule has 0 spiro atoms. The minimum absolute atomic E-state index is 0.0613. The van der Waals surface area contributed by atoms with E-state index in [9.17, 15) is 4.79 Å². The van der Waals surface area contributed by atoms with Crippen molar-refractivity contribution in [1.29, 1.82) is 0 Å². The highest BCUT2D eigenvalue weighted by atomic mass is 16.5. The number of ether oxygens (including phenoxy) is 2. The lowest BCUT2D eigenvalue weighted by Crippen LogP contribution is -2.13. The van der Waals surface area contributed by atoms with E-state index in [2.05, 4.69) is 0 Å². The van der Waals surface area contributed by atoms with Gasteiger partial charge in [0.15, 0.2) is 0 Å². The molecular weight excluding hydrogens is 264 g/mol. The van der Waals surface area contributed by atoms with Crippen LogP contribution in [0.25, 0.3) is 0 Å². The summed E-state index contributed by atoms with van der Waals surface area (Å²) in [5, 5.41) is 0. The molecule has 2 aromatic rings. The number of esters is 1. The van der Waals surface area contributed by atoms with Crippen LogP contribution >= 0.6 is 0 Å². The van der Waals surface area contributed by atoms with E-state index in [1.54, 1.807) is 0 Å². The highest BCUT2D eigenvalue weighted by Gasteiger charge is 2.11. The Kier molecular flexibility index (Phi) is 5.38. The summed E-state index contributed by atoms with van der Waals surface area (Å²) in [4.78, 5) is 11.7. The summed E-state index contributed by atoms with van der Waals surface area (Å²) >= 11 is 0. The van der Waals surface area contributed by atoms with E-state index >= 15 is 0 Å². The van der Waals surface area contributed by atoms with Gasteiger partial charge in [-0.3, -0.25) is 4.79 Å². The predicted octanol–water partition coefficient (Wildman–Crippen LogP) is 4.57. The fourth-order valence-electron chi connectivity index (χ4n) is 1.79. The second kappa shape index (κ2) is 7.48. The Hall–Kier alpha value is -2.29. The molecule has 0 fully saturated rings. The van der Waals surface area contributed by atoms with Crippen LogP contribution in [0.2, 0.25) is 0 Å². The Balaban J connectivity index is 1.96. The van der Waals surface area contributed by atoms with E-state index in [0.29, 0.717) is 0 Å². The average Bonchev–Trinajstić information content (AvgIpc) is 2.53. The van der Waals surface area contributed by atoms with Crippen molar-refractivity contribution < 1.29 is 14.3 Å². The Bertz CT molecular complexity index is 578. The Morgan fingerprint density at radius 3 is 2.48 bits per heavy atom. The summed E-state index contributed by atoms with van der Waals surface area (Å²) in [6, 6.07) is 17.2. The fraction of sp³-hybridized carbons (Fsp3) is 0.278. The first-order chi connectivity index (χ1) is 10.2. The van der Waals surface area contributed by atoms with Crippen molar-refractivity contribution in [3.63, 3.8) is 0 Å². The van der Waals surface area contributed by atoms with Crippen LogP contribution in [0.15, 0.2) is 54.6 Å². The second-order valence-electron chi connectivity index (χ2n) is 4.98. The molecule has 110 valence electrons. The molecule has 0 aliphatic heterocycles. The van der Waals surface area contributed by atoms with E-state index in [-0.39, 0.29) is 18.5 Å². The summed E-state index contributed by atoms with van der Waals surface area (Å²) in [5.74, 6) is 1.30. The van der Waals surface area contributed by atoms with E-state index < -0.39 is 0 Å². The number of carbonyl (C=O) groups is 1. The molecule has 3 nitrogen and oxygen atoms in total. The number of para-hydroxylation sites is 1. The minimum Gasteiger partial charge on any atom is -0.461 e. The van der Waals surface area contributed by atoms with Gasteiger partial charge in [0.2, 0.25) is 0 Å². The van der Waals surface area contributed by atoms with Crippen molar-refractivity contribution in [2.24, 2.45) is 5.92 Å². The van der Waals surface area contributed by atoms with Gasteiger partial charge in [0, 0.05) is 0 Å². The quantitative estimate of drug-likeness (QED) is 0.729. The normalized spacial score (nSPS) is 11.7. The lowest BCUT2D eigenvalue weighted by atomic mass is 10.1. The van der Waals surface area contributed by atoms with Crippen LogP contribution < -0.4 is 4.74 Å². The molecule has 0 aliphatic rings. The van der Waals surface area contributed by atoms with Crippen LogP contribution in [0.3, 0.4) is 0 Å². The zero-order chi connectivity index (χ0) is 15.1.